The lowest BCUT2D eigenvalue weighted by Gasteiger charge is -2.03. The molecule has 106 valence electrons. The number of carboxylic acid groups (broad SMARTS) is 1. The third kappa shape index (κ3) is 3.22. The first-order valence-corrected chi connectivity index (χ1v) is 6.02. The van der Waals surface area contributed by atoms with E-state index in [0.717, 1.165) is 5.69 Å². The molecule has 8 heteroatoms. The zero-order chi connectivity index (χ0) is 14.7. The Kier molecular flexibility index (Phi) is 3.83. The van der Waals surface area contributed by atoms with Crippen LogP contribution >= 0.6 is 0 Å². The maximum absolute atomic E-state index is 11.8. The summed E-state index contributed by atoms with van der Waals surface area (Å²) < 4.78 is 3.05. The van der Waals surface area contributed by atoms with E-state index in [-0.39, 0.29) is 18.0 Å². The van der Waals surface area contributed by atoms with Crippen molar-refractivity contribution in [2.24, 2.45) is 7.05 Å². The van der Waals surface area contributed by atoms with E-state index in [0.29, 0.717) is 12.2 Å². The van der Waals surface area contributed by atoms with E-state index in [2.05, 4.69) is 15.5 Å². The summed E-state index contributed by atoms with van der Waals surface area (Å²) in [5.74, 6) is -1.26. The van der Waals surface area contributed by atoms with Crippen molar-refractivity contribution in [3.63, 3.8) is 0 Å². The minimum Gasteiger partial charge on any atom is -0.476 e. The van der Waals surface area contributed by atoms with Gasteiger partial charge in [-0.25, -0.2) is 4.79 Å². The van der Waals surface area contributed by atoms with Crippen LogP contribution in [0.5, 0.6) is 0 Å². The van der Waals surface area contributed by atoms with Gasteiger partial charge in [0.15, 0.2) is 5.69 Å². The van der Waals surface area contributed by atoms with Gasteiger partial charge in [0.2, 0.25) is 5.91 Å². The van der Waals surface area contributed by atoms with Gasteiger partial charge in [0.25, 0.3) is 0 Å². The summed E-state index contributed by atoms with van der Waals surface area (Å²) >= 11 is 0. The molecule has 0 saturated heterocycles. The van der Waals surface area contributed by atoms with Crippen molar-refractivity contribution in [1.82, 2.24) is 19.6 Å². The highest BCUT2D eigenvalue weighted by molar-refractivity contribution is 5.91. The predicted octanol–water partition coefficient (Wildman–Crippen LogP) is 0.652. The Balaban J connectivity index is 1.88. The van der Waals surface area contributed by atoms with Crippen LogP contribution < -0.4 is 5.32 Å². The second-order valence-corrected chi connectivity index (χ2v) is 4.37. The van der Waals surface area contributed by atoms with Crippen molar-refractivity contribution >= 4 is 17.6 Å². The Labute approximate surface area is 115 Å². The standard InChI is InChI=1S/C12H15N5O3/c1-8-10(7-16(2)14-8)13-11(18)4-6-17-5-3-9(15-17)12(19)20/h3,5,7H,4,6H2,1-2H3,(H,13,18)(H,19,20). The third-order valence-electron chi connectivity index (χ3n) is 2.72. The summed E-state index contributed by atoms with van der Waals surface area (Å²) in [6, 6.07) is 1.39. The molecule has 0 unspecified atom stereocenters. The maximum atomic E-state index is 11.8. The molecule has 0 bridgehead atoms. The molecule has 2 heterocycles. The molecule has 0 aliphatic rings. The molecule has 0 fully saturated rings. The number of anilines is 1. The summed E-state index contributed by atoms with van der Waals surface area (Å²) in [6.45, 7) is 2.13. The van der Waals surface area contributed by atoms with E-state index >= 15 is 0 Å². The van der Waals surface area contributed by atoms with Gasteiger partial charge in [-0.15, -0.1) is 0 Å². The van der Waals surface area contributed by atoms with Gasteiger partial charge >= 0.3 is 5.97 Å². The molecule has 2 N–H and O–H groups in total. The Morgan fingerprint density at radius 3 is 2.70 bits per heavy atom. The van der Waals surface area contributed by atoms with Crippen LogP contribution in [0.1, 0.15) is 22.6 Å². The van der Waals surface area contributed by atoms with E-state index < -0.39 is 5.97 Å². The van der Waals surface area contributed by atoms with E-state index in [1.165, 1.54) is 16.9 Å². The van der Waals surface area contributed by atoms with Crippen molar-refractivity contribution in [2.75, 3.05) is 5.32 Å². The number of carbonyl (C=O) groups excluding carboxylic acids is 1. The summed E-state index contributed by atoms with van der Waals surface area (Å²) in [5.41, 5.74) is 1.38. The van der Waals surface area contributed by atoms with Crippen LogP contribution in [0.4, 0.5) is 5.69 Å². The molecule has 0 atom stereocenters. The number of carbonyl (C=O) groups is 2. The fraction of sp³-hybridized carbons (Fsp3) is 0.333. The Morgan fingerprint density at radius 1 is 1.40 bits per heavy atom. The SMILES string of the molecule is Cc1nn(C)cc1NC(=O)CCn1ccc(C(=O)O)n1. The molecule has 1 amide bonds. The molecule has 2 aromatic rings. The first-order chi connectivity index (χ1) is 9.45. The maximum Gasteiger partial charge on any atom is 0.356 e. The first-order valence-electron chi connectivity index (χ1n) is 6.02. The molecule has 8 nitrogen and oxygen atoms in total. The van der Waals surface area contributed by atoms with Crippen LogP contribution in [-0.4, -0.2) is 36.5 Å². The number of amides is 1. The van der Waals surface area contributed by atoms with Gasteiger partial charge in [-0.2, -0.15) is 10.2 Å². The largest absolute Gasteiger partial charge is 0.476 e. The minimum absolute atomic E-state index is 0.0338. The summed E-state index contributed by atoms with van der Waals surface area (Å²) in [6.07, 6.45) is 3.46. The summed E-state index contributed by atoms with van der Waals surface area (Å²) in [5, 5.41) is 19.4. The number of aromatic carboxylic acids is 1. The molecular weight excluding hydrogens is 262 g/mol. The lowest BCUT2D eigenvalue weighted by atomic mass is 10.3. The molecule has 20 heavy (non-hydrogen) atoms. The number of hydrogen-bond acceptors (Lipinski definition) is 4. The van der Waals surface area contributed by atoms with E-state index in [4.69, 9.17) is 5.11 Å². The zero-order valence-electron chi connectivity index (χ0n) is 11.2. The average molecular weight is 277 g/mol. The van der Waals surface area contributed by atoms with Gasteiger partial charge in [-0.1, -0.05) is 0 Å². The smallest absolute Gasteiger partial charge is 0.356 e. The Bertz CT molecular complexity index is 643. The van der Waals surface area contributed by atoms with E-state index in [1.807, 2.05) is 6.92 Å². The Hall–Kier alpha value is -2.64. The van der Waals surface area contributed by atoms with Crippen LogP contribution in [0.25, 0.3) is 0 Å². The number of rotatable bonds is 5. The molecule has 2 rings (SSSR count). The van der Waals surface area contributed by atoms with Crippen molar-refractivity contribution in [3.8, 4) is 0 Å². The average Bonchev–Trinajstić information content (AvgIpc) is 2.94. The minimum atomic E-state index is -1.08. The molecule has 0 radical (unpaired) electrons. The van der Waals surface area contributed by atoms with Crippen molar-refractivity contribution in [3.05, 3.63) is 29.8 Å². The number of aryl methyl sites for hydroxylation is 3. The van der Waals surface area contributed by atoms with Gasteiger partial charge in [-0.3, -0.25) is 14.2 Å². The fourth-order valence-corrected chi connectivity index (χ4v) is 1.75. The molecule has 0 spiro atoms. The Morgan fingerprint density at radius 2 is 2.15 bits per heavy atom. The van der Waals surface area contributed by atoms with Gasteiger partial charge in [0, 0.05) is 32.4 Å². The second-order valence-electron chi connectivity index (χ2n) is 4.37. The summed E-state index contributed by atoms with van der Waals surface area (Å²) in [7, 11) is 1.78. The quantitative estimate of drug-likeness (QED) is 0.835. The number of nitrogens with one attached hydrogen (secondary N) is 1. The third-order valence-corrected chi connectivity index (χ3v) is 2.72. The number of hydrogen-bond donors (Lipinski definition) is 2. The van der Waals surface area contributed by atoms with Crippen LogP contribution in [0, 0.1) is 6.92 Å². The van der Waals surface area contributed by atoms with E-state index in [9.17, 15) is 9.59 Å². The fourth-order valence-electron chi connectivity index (χ4n) is 1.75. The van der Waals surface area contributed by atoms with Gasteiger partial charge in [-0.05, 0) is 13.0 Å². The van der Waals surface area contributed by atoms with Crippen molar-refractivity contribution < 1.29 is 14.7 Å². The normalized spacial score (nSPS) is 10.5. The van der Waals surface area contributed by atoms with Gasteiger partial charge < -0.3 is 10.4 Å². The number of carboxylic acids is 1. The first kappa shape index (κ1) is 13.8. The number of aromatic nitrogens is 4. The van der Waals surface area contributed by atoms with Gasteiger partial charge in [0.05, 0.1) is 11.4 Å². The predicted molar refractivity (Wildman–Crippen MR) is 70.4 cm³/mol. The molecular formula is C12H15N5O3. The molecule has 2 aromatic heterocycles. The molecule has 0 aliphatic carbocycles. The van der Waals surface area contributed by atoms with Gasteiger partial charge in [0.1, 0.15) is 0 Å². The molecule has 0 aromatic carbocycles. The van der Waals surface area contributed by atoms with Crippen LogP contribution in [0.2, 0.25) is 0 Å². The highest BCUT2D eigenvalue weighted by Gasteiger charge is 2.10. The highest BCUT2D eigenvalue weighted by atomic mass is 16.4. The zero-order valence-corrected chi connectivity index (χ0v) is 11.2. The van der Waals surface area contributed by atoms with Crippen molar-refractivity contribution in [1.29, 1.82) is 0 Å². The summed E-state index contributed by atoms with van der Waals surface area (Å²) in [4.78, 5) is 22.5. The second kappa shape index (κ2) is 5.55. The highest BCUT2D eigenvalue weighted by Crippen LogP contribution is 2.11. The lowest BCUT2D eigenvalue weighted by molar-refractivity contribution is -0.116. The lowest BCUT2D eigenvalue weighted by Crippen LogP contribution is -2.15. The monoisotopic (exact) mass is 277 g/mol. The number of nitrogens with zero attached hydrogens (tertiary/aromatic N) is 4. The molecule has 0 saturated carbocycles. The van der Waals surface area contributed by atoms with Crippen molar-refractivity contribution in [2.45, 2.75) is 19.9 Å². The van der Waals surface area contributed by atoms with E-state index in [1.54, 1.807) is 17.9 Å². The van der Waals surface area contributed by atoms with Crippen LogP contribution in [0.15, 0.2) is 18.5 Å². The van der Waals surface area contributed by atoms with Crippen LogP contribution in [-0.2, 0) is 18.4 Å². The van der Waals surface area contributed by atoms with Crippen LogP contribution in [0.3, 0.4) is 0 Å². The molecule has 0 aliphatic heterocycles. The topological polar surface area (TPSA) is 102 Å².